The van der Waals surface area contributed by atoms with Gasteiger partial charge in [-0.05, 0) is 56.3 Å². The van der Waals surface area contributed by atoms with Crippen LogP contribution in [-0.2, 0) is 0 Å². The average Bonchev–Trinajstić information content (AvgIpc) is 2.68. The molecule has 0 amide bonds. The molecule has 3 rings (SSSR count). The summed E-state index contributed by atoms with van der Waals surface area (Å²) in [5.41, 5.74) is 2.18. The van der Waals surface area contributed by atoms with Crippen LogP contribution in [0.15, 0.2) is 48.5 Å². The number of anilines is 2. The zero-order chi connectivity index (χ0) is 18.2. The van der Waals surface area contributed by atoms with Gasteiger partial charge in [-0.3, -0.25) is 4.90 Å². The fraction of sp³-hybridized carbons (Fsp3) is 0.429. The van der Waals surface area contributed by atoms with Crippen molar-refractivity contribution >= 4 is 11.4 Å². The van der Waals surface area contributed by atoms with Crippen molar-refractivity contribution in [2.45, 2.75) is 13.3 Å². The Morgan fingerprint density at radius 1 is 1.00 bits per heavy atom. The molecule has 2 aromatic rings. The normalized spacial score (nSPS) is 15.1. The summed E-state index contributed by atoms with van der Waals surface area (Å²) in [6.07, 6.45) is 1.08. The molecule has 1 N–H and O–H groups in total. The van der Waals surface area contributed by atoms with E-state index >= 15 is 0 Å². The monoisotopic (exact) mass is 357 g/mol. The lowest BCUT2D eigenvalue weighted by atomic mass is 10.2. The Bertz CT molecular complexity index is 669. The fourth-order valence-electron chi connectivity index (χ4n) is 3.31. The molecule has 1 aliphatic heterocycles. The largest absolute Gasteiger partial charge is 0.492 e. The number of halogens is 1. The number of para-hydroxylation sites is 2. The van der Waals surface area contributed by atoms with Crippen LogP contribution in [0.3, 0.4) is 0 Å². The minimum atomic E-state index is -0.195. The second kappa shape index (κ2) is 9.43. The minimum Gasteiger partial charge on any atom is -0.492 e. The van der Waals surface area contributed by atoms with E-state index in [4.69, 9.17) is 4.74 Å². The molecule has 0 spiro atoms. The number of piperazine rings is 1. The fourth-order valence-corrected chi connectivity index (χ4v) is 3.31. The Morgan fingerprint density at radius 2 is 1.73 bits per heavy atom. The van der Waals surface area contributed by atoms with Crippen LogP contribution in [0.1, 0.15) is 13.3 Å². The Kier molecular flexibility index (Phi) is 6.72. The van der Waals surface area contributed by atoms with Gasteiger partial charge in [0.25, 0.3) is 0 Å². The molecule has 0 bridgehead atoms. The van der Waals surface area contributed by atoms with E-state index in [-0.39, 0.29) is 5.82 Å². The second-order valence-electron chi connectivity index (χ2n) is 6.52. The third-order valence-corrected chi connectivity index (χ3v) is 4.70. The molecule has 26 heavy (non-hydrogen) atoms. The predicted molar refractivity (Wildman–Crippen MR) is 106 cm³/mol. The van der Waals surface area contributed by atoms with Crippen LogP contribution in [0.4, 0.5) is 15.8 Å². The van der Waals surface area contributed by atoms with E-state index in [0.29, 0.717) is 6.61 Å². The predicted octanol–water partition coefficient (Wildman–Crippen LogP) is 3.85. The smallest absolute Gasteiger partial charge is 0.142 e. The van der Waals surface area contributed by atoms with E-state index in [1.165, 1.54) is 17.8 Å². The van der Waals surface area contributed by atoms with Crippen molar-refractivity contribution in [2.24, 2.45) is 0 Å². The highest BCUT2D eigenvalue weighted by Gasteiger charge is 2.19. The first-order valence-electron chi connectivity index (χ1n) is 9.45. The molecule has 0 aliphatic carbocycles. The number of ether oxygens (including phenoxy) is 1. The van der Waals surface area contributed by atoms with E-state index in [9.17, 15) is 4.39 Å². The summed E-state index contributed by atoms with van der Waals surface area (Å²) in [5.74, 6) is 0.784. The number of hydrogen-bond acceptors (Lipinski definition) is 4. The van der Waals surface area contributed by atoms with E-state index in [0.717, 1.165) is 57.1 Å². The van der Waals surface area contributed by atoms with E-state index in [1.54, 1.807) is 12.1 Å². The molecule has 1 heterocycles. The molecule has 4 nitrogen and oxygen atoms in total. The van der Waals surface area contributed by atoms with E-state index < -0.39 is 0 Å². The van der Waals surface area contributed by atoms with Crippen LogP contribution >= 0.6 is 0 Å². The Balaban J connectivity index is 1.39. The SMILES string of the molecule is CCOc1ccccc1N1CCN(CCCNc2ccc(F)cc2)CC1. The van der Waals surface area contributed by atoms with Gasteiger partial charge in [-0.15, -0.1) is 0 Å². The summed E-state index contributed by atoms with van der Waals surface area (Å²) >= 11 is 0. The van der Waals surface area contributed by atoms with Gasteiger partial charge in [0.1, 0.15) is 11.6 Å². The van der Waals surface area contributed by atoms with Gasteiger partial charge >= 0.3 is 0 Å². The first-order valence-corrected chi connectivity index (χ1v) is 9.45. The average molecular weight is 357 g/mol. The first kappa shape index (κ1) is 18.5. The summed E-state index contributed by atoms with van der Waals surface area (Å²) in [5, 5.41) is 3.35. The molecular weight excluding hydrogens is 329 g/mol. The maximum Gasteiger partial charge on any atom is 0.142 e. The molecule has 0 unspecified atom stereocenters. The third kappa shape index (κ3) is 5.11. The van der Waals surface area contributed by atoms with Gasteiger partial charge in [0.15, 0.2) is 0 Å². The Labute approximate surface area is 155 Å². The summed E-state index contributed by atoms with van der Waals surface area (Å²) in [4.78, 5) is 4.92. The maximum atomic E-state index is 12.9. The minimum absolute atomic E-state index is 0.195. The van der Waals surface area contributed by atoms with Crippen LogP contribution in [0.2, 0.25) is 0 Å². The Hall–Kier alpha value is -2.27. The zero-order valence-corrected chi connectivity index (χ0v) is 15.5. The number of rotatable bonds is 8. The van der Waals surface area contributed by atoms with Crippen molar-refractivity contribution < 1.29 is 9.13 Å². The molecule has 1 fully saturated rings. The number of hydrogen-bond donors (Lipinski definition) is 1. The highest BCUT2D eigenvalue weighted by Crippen LogP contribution is 2.28. The van der Waals surface area contributed by atoms with Gasteiger partial charge in [0, 0.05) is 38.4 Å². The van der Waals surface area contributed by atoms with Gasteiger partial charge in [-0.25, -0.2) is 4.39 Å². The van der Waals surface area contributed by atoms with Crippen LogP contribution in [-0.4, -0.2) is 50.8 Å². The van der Waals surface area contributed by atoms with Crippen molar-refractivity contribution in [3.63, 3.8) is 0 Å². The molecule has 0 aromatic heterocycles. The number of nitrogens with zero attached hydrogens (tertiary/aromatic N) is 2. The molecule has 0 saturated carbocycles. The van der Waals surface area contributed by atoms with Crippen LogP contribution < -0.4 is 15.0 Å². The van der Waals surface area contributed by atoms with Crippen molar-refractivity contribution in [3.8, 4) is 5.75 Å². The molecular formula is C21H28FN3O. The molecule has 1 saturated heterocycles. The summed E-state index contributed by atoms with van der Waals surface area (Å²) in [7, 11) is 0. The molecule has 0 radical (unpaired) electrons. The lowest BCUT2D eigenvalue weighted by Crippen LogP contribution is -2.47. The van der Waals surface area contributed by atoms with Crippen LogP contribution in [0.5, 0.6) is 5.75 Å². The molecule has 0 atom stereocenters. The third-order valence-electron chi connectivity index (χ3n) is 4.70. The second-order valence-corrected chi connectivity index (χ2v) is 6.52. The van der Waals surface area contributed by atoms with E-state index in [1.807, 2.05) is 19.1 Å². The maximum absolute atomic E-state index is 12.9. The Morgan fingerprint density at radius 3 is 2.46 bits per heavy atom. The quantitative estimate of drug-likeness (QED) is 0.727. The lowest BCUT2D eigenvalue weighted by molar-refractivity contribution is 0.256. The highest BCUT2D eigenvalue weighted by atomic mass is 19.1. The summed E-state index contributed by atoms with van der Waals surface area (Å²) in [6.45, 7) is 8.87. The summed E-state index contributed by atoms with van der Waals surface area (Å²) < 4.78 is 18.7. The van der Waals surface area contributed by atoms with E-state index in [2.05, 4.69) is 27.2 Å². The van der Waals surface area contributed by atoms with Gasteiger partial charge in [0.05, 0.1) is 12.3 Å². The molecule has 140 valence electrons. The molecule has 2 aromatic carbocycles. The highest BCUT2D eigenvalue weighted by molar-refractivity contribution is 5.58. The molecule has 5 heteroatoms. The van der Waals surface area contributed by atoms with Crippen molar-refractivity contribution in [1.82, 2.24) is 4.90 Å². The van der Waals surface area contributed by atoms with Crippen LogP contribution in [0.25, 0.3) is 0 Å². The van der Waals surface area contributed by atoms with Gasteiger partial charge < -0.3 is 15.0 Å². The van der Waals surface area contributed by atoms with Crippen molar-refractivity contribution in [1.29, 1.82) is 0 Å². The molecule has 1 aliphatic rings. The lowest BCUT2D eigenvalue weighted by Gasteiger charge is -2.36. The number of benzene rings is 2. The first-order chi connectivity index (χ1) is 12.8. The van der Waals surface area contributed by atoms with Gasteiger partial charge in [0.2, 0.25) is 0 Å². The topological polar surface area (TPSA) is 27.7 Å². The standard InChI is InChI=1S/C21H28FN3O/c1-2-26-21-7-4-3-6-20(21)25-16-14-24(15-17-25)13-5-12-23-19-10-8-18(22)9-11-19/h3-4,6-11,23H,2,5,12-17H2,1H3. The summed E-state index contributed by atoms with van der Waals surface area (Å²) in [6, 6.07) is 14.8. The van der Waals surface area contributed by atoms with Crippen molar-refractivity contribution in [3.05, 3.63) is 54.3 Å². The van der Waals surface area contributed by atoms with Gasteiger partial charge in [-0.1, -0.05) is 12.1 Å². The van der Waals surface area contributed by atoms with Gasteiger partial charge in [-0.2, -0.15) is 0 Å². The number of nitrogens with one attached hydrogen (secondary N) is 1. The zero-order valence-electron chi connectivity index (χ0n) is 15.5. The van der Waals surface area contributed by atoms with Crippen LogP contribution in [0, 0.1) is 5.82 Å². The van der Waals surface area contributed by atoms with Crippen molar-refractivity contribution in [2.75, 3.05) is 56.1 Å².